The number of ether oxygens (including phenoxy) is 1. The zero-order valence-corrected chi connectivity index (χ0v) is 13.9. The lowest BCUT2D eigenvalue weighted by molar-refractivity contribution is 0.0729. The van der Waals surface area contributed by atoms with Crippen LogP contribution in [0.1, 0.15) is 60.4 Å². The number of nitrogens with zero attached hydrogens (tertiary/aromatic N) is 2. The topological polar surface area (TPSA) is 58.2 Å². The van der Waals surface area contributed by atoms with Crippen LogP contribution >= 0.6 is 0 Å². The smallest absolute Gasteiger partial charge is 0.274 e. The van der Waals surface area contributed by atoms with Gasteiger partial charge in [0.15, 0.2) is 0 Å². The number of carbonyl (C=O) groups is 1. The number of amides is 1. The normalized spacial score (nSPS) is 17.7. The first kappa shape index (κ1) is 15.6. The molecule has 1 aliphatic heterocycles. The summed E-state index contributed by atoms with van der Waals surface area (Å²) in [4.78, 5) is 14.7. The summed E-state index contributed by atoms with van der Waals surface area (Å²) < 4.78 is 5.21. The van der Waals surface area contributed by atoms with Crippen LogP contribution in [0.2, 0.25) is 0 Å². The maximum Gasteiger partial charge on any atom is 0.274 e. The number of carbonyl (C=O) groups excluding carboxylic acids is 1. The lowest BCUT2D eigenvalue weighted by Crippen LogP contribution is -2.30. The molecule has 1 aliphatic rings. The van der Waals surface area contributed by atoms with Crippen molar-refractivity contribution in [3.8, 4) is 5.75 Å². The van der Waals surface area contributed by atoms with Crippen molar-refractivity contribution in [3.05, 3.63) is 47.3 Å². The average molecular weight is 313 g/mol. The lowest BCUT2D eigenvalue weighted by Gasteiger charge is -2.24. The number of aromatic amines is 1. The van der Waals surface area contributed by atoms with Gasteiger partial charge in [0.05, 0.1) is 13.2 Å². The average Bonchev–Trinajstić information content (AvgIpc) is 3.23. The van der Waals surface area contributed by atoms with Crippen molar-refractivity contribution in [2.75, 3.05) is 13.7 Å². The number of rotatable bonds is 4. The van der Waals surface area contributed by atoms with E-state index in [1.165, 1.54) is 0 Å². The van der Waals surface area contributed by atoms with Gasteiger partial charge in [0, 0.05) is 12.2 Å². The molecule has 1 aromatic carbocycles. The molecule has 1 atom stereocenters. The highest BCUT2D eigenvalue weighted by molar-refractivity contribution is 5.93. The lowest BCUT2D eigenvalue weighted by atomic mass is 10.0. The number of hydrogen-bond donors (Lipinski definition) is 1. The van der Waals surface area contributed by atoms with Gasteiger partial charge < -0.3 is 9.64 Å². The van der Waals surface area contributed by atoms with E-state index < -0.39 is 0 Å². The standard InChI is InChI=1S/C18H23N3O2/c1-12(2)15-11-16(20-19-15)18(22)21-10-4-5-17(21)13-6-8-14(23-3)9-7-13/h6-9,11-12,17H,4-5,10H2,1-3H3,(H,19,20)/t17-/m1/s1. The van der Waals surface area contributed by atoms with Gasteiger partial charge in [0.2, 0.25) is 0 Å². The van der Waals surface area contributed by atoms with E-state index in [0.29, 0.717) is 11.6 Å². The number of methoxy groups -OCH3 is 1. The molecule has 0 aliphatic carbocycles. The number of aromatic nitrogens is 2. The third-order valence-electron chi connectivity index (χ3n) is 4.45. The maximum atomic E-state index is 12.8. The minimum absolute atomic E-state index is 0.00599. The van der Waals surface area contributed by atoms with E-state index in [1.807, 2.05) is 35.2 Å². The van der Waals surface area contributed by atoms with Crippen LogP contribution in [0.4, 0.5) is 0 Å². The Hall–Kier alpha value is -2.30. The summed E-state index contributed by atoms with van der Waals surface area (Å²) in [7, 11) is 1.66. The summed E-state index contributed by atoms with van der Waals surface area (Å²) in [5.74, 6) is 1.17. The zero-order chi connectivity index (χ0) is 16.4. The number of likely N-dealkylation sites (tertiary alicyclic amines) is 1. The first-order valence-corrected chi connectivity index (χ1v) is 8.10. The van der Waals surface area contributed by atoms with Crippen LogP contribution in [-0.2, 0) is 0 Å². The molecular weight excluding hydrogens is 290 g/mol. The highest BCUT2D eigenvalue weighted by Gasteiger charge is 2.31. The molecular formula is C18H23N3O2. The molecule has 1 saturated heterocycles. The molecule has 0 saturated carbocycles. The predicted molar refractivity (Wildman–Crippen MR) is 88.7 cm³/mol. The second kappa shape index (κ2) is 6.44. The Kier molecular flexibility index (Phi) is 4.37. The SMILES string of the molecule is COc1ccc([C@H]2CCCN2C(=O)c2cc(C(C)C)[nH]n2)cc1. The van der Waals surface area contributed by atoms with Crippen LogP contribution in [-0.4, -0.2) is 34.7 Å². The molecule has 1 aromatic heterocycles. The van der Waals surface area contributed by atoms with Gasteiger partial charge in [-0.25, -0.2) is 0 Å². The van der Waals surface area contributed by atoms with E-state index >= 15 is 0 Å². The second-order valence-corrected chi connectivity index (χ2v) is 6.29. The van der Waals surface area contributed by atoms with Crippen LogP contribution in [0.3, 0.4) is 0 Å². The van der Waals surface area contributed by atoms with Crippen LogP contribution in [0.25, 0.3) is 0 Å². The fraction of sp³-hybridized carbons (Fsp3) is 0.444. The third-order valence-corrected chi connectivity index (χ3v) is 4.45. The first-order valence-electron chi connectivity index (χ1n) is 8.10. The Labute approximate surface area is 136 Å². The molecule has 5 heteroatoms. The second-order valence-electron chi connectivity index (χ2n) is 6.29. The molecule has 0 radical (unpaired) electrons. The van der Waals surface area contributed by atoms with Crippen molar-refractivity contribution in [3.63, 3.8) is 0 Å². The largest absolute Gasteiger partial charge is 0.497 e. The van der Waals surface area contributed by atoms with Crippen molar-refractivity contribution in [1.29, 1.82) is 0 Å². The molecule has 2 aromatic rings. The summed E-state index contributed by atoms with van der Waals surface area (Å²) in [5.41, 5.74) is 2.65. The van der Waals surface area contributed by atoms with Crippen molar-refractivity contribution >= 4 is 5.91 Å². The van der Waals surface area contributed by atoms with Crippen LogP contribution < -0.4 is 4.74 Å². The summed E-state index contributed by atoms with van der Waals surface area (Å²) in [6.45, 7) is 4.94. The van der Waals surface area contributed by atoms with Gasteiger partial charge in [-0.05, 0) is 42.5 Å². The van der Waals surface area contributed by atoms with Crippen LogP contribution in [0.5, 0.6) is 5.75 Å². The van der Waals surface area contributed by atoms with Crippen molar-refractivity contribution in [2.45, 2.75) is 38.6 Å². The number of nitrogens with one attached hydrogen (secondary N) is 1. The molecule has 23 heavy (non-hydrogen) atoms. The molecule has 0 unspecified atom stereocenters. The Morgan fingerprint density at radius 2 is 2.09 bits per heavy atom. The van der Waals surface area contributed by atoms with Gasteiger partial charge in [-0.3, -0.25) is 9.89 Å². The molecule has 122 valence electrons. The van der Waals surface area contributed by atoms with E-state index in [0.717, 1.165) is 36.4 Å². The van der Waals surface area contributed by atoms with Crippen LogP contribution in [0.15, 0.2) is 30.3 Å². The fourth-order valence-electron chi connectivity index (χ4n) is 3.07. The molecule has 5 nitrogen and oxygen atoms in total. The molecule has 0 bridgehead atoms. The zero-order valence-electron chi connectivity index (χ0n) is 13.9. The molecule has 1 amide bonds. The Morgan fingerprint density at radius 3 is 2.70 bits per heavy atom. The predicted octanol–water partition coefficient (Wildman–Crippen LogP) is 3.52. The Morgan fingerprint density at radius 1 is 1.35 bits per heavy atom. The van der Waals surface area contributed by atoms with E-state index in [1.54, 1.807) is 7.11 Å². The summed E-state index contributed by atoms with van der Waals surface area (Å²) in [5, 5.41) is 7.17. The van der Waals surface area contributed by atoms with E-state index in [2.05, 4.69) is 24.0 Å². The maximum absolute atomic E-state index is 12.8. The minimum atomic E-state index is 0.00599. The van der Waals surface area contributed by atoms with Gasteiger partial charge in [0.25, 0.3) is 5.91 Å². The molecule has 1 fully saturated rings. The molecule has 0 spiro atoms. The van der Waals surface area contributed by atoms with Crippen LogP contribution in [0, 0.1) is 0 Å². The van der Waals surface area contributed by atoms with E-state index in [-0.39, 0.29) is 11.9 Å². The number of hydrogen-bond acceptors (Lipinski definition) is 3. The highest BCUT2D eigenvalue weighted by atomic mass is 16.5. The quantitative estimate of drug-likeness (QED) is 0.939. The number of H-pyrrole nitrogens is 1. The fourth-order valence-corrected chi connectivity index (χ4v) is 3.07. The molecule has 1 N–H and O–H groups in total. The number of benzene rings is 1. The van der Waals surface area contributed by atoms with E-state index in [4.69, 9.17) is 4.74 Å². The van der Waals surface area contributed by atoms with Crippen molar-refractivity contribution < 1.29 is 9.53 Å². The van der Waals surface area contributed by atoms with Gasteiger partial charge in [0.1, 0.15) is 11.4 Å². The van der Waals surface area contributed by atoms with Gasteiger partial charge >= 0.3 is 0 Å². The minimum Gasteiger partial charge on any atom is -0.497 e. The molecule has 2 heterocycles. The van der Waals surface area contributed by atoms with Crippen molar-refractivity contribution in [1.82, 2.24) is 15.1 Å². The third kappa shape index (κ3) is 3.09. The Bertz CT molecular complexity index is 676. The monoisotopic (exact) mass is 313 g/mol. The van der Waals surface area contributed by atoms with Crippen molar-refractivity contribution in [2.24, 2.45) is 0 Å². The first-order chi connectivity index (χ1) is 11.1. The van der Waals surface area contributed by atoms with Gasteiger partial charge in [-0.2, -0.15) is 5.10 Å². The van der Waals surface area contributed by atoms with Gasteiger partial charge in [-0.15, -0.1) is 0 Å². The summed E-state index contributed by atoms with van der Waals surface area (Å²) >= 11 is 0. The van der Waals surface area contributed by atoms with E-state index in [9.17, 15) is 4.79 Å². The highest BCUT2D eigenvalue weighted by Crippen LogP contribution is 2.33. The summed E-state index contributed by atoms with van der Waals surface area (Å²) in [6.07, 6.45) is 2.00. The van der Waals surface area contributed by atoms with Gasteiger partial charge in [-0.1, -0.05) is 26.0 Å². The summed E-state index contributed by atoms with van der Waals surface area (Å²) in [6, 6.07) is 9.96. The molecule has 3 rings (SSSR count). The Balaban J connectivity index is 1.80.